The second-order valence-electron chi connectivity index (χ2n) is 8.03. The molecule has 0 radical (unpaired) electrons. The van der Waals surface area contributed by atoms with Crippen molar-refractivity contribution in [3.8, 4) is 0 Å². The van der Waals surface area contributed by atoms with Crippen LogP contribution in [0.1, 0.15) is 33.8 Å². The molecule has 3 fully saturated rings. The molecule has 7 nitrogen and oxygen atoms in total. The van der Waals surface area contributed by atoms with Crippen LogP contribution in [0.3, 0.4) is 0 Å². The van der Waals surface area contributed by atoms with E-state index >= 15 is 0 Å². The summed E-state index contributed by atoms with van der Waals surface area (Å²) in [4.78, 5) is 33.8. The lowest BCUT2D eigenvalue weighted by Gasteiger charge is -2.42. The summed E-state index contributed by atoms with van der Waals surface area (Å²) in [6.45, 7) is 6.59. The smallest absolute Gasteiger partial charge is 0.321 e. The molecule has 3 aliphatic heterocycles. The fraction of sp³-hybridized carbons (Fsp3) is 0.700. The summed E-state index contributed by atoms with van der Waals surface area (Å²) >= 11 is 1.55. The number of methoxy groups -OCH3 is 1. The van der Waals surface area contributed by atoms with Crippen LogP contribution in [0.15, 0.2) is 12.1 Å². The van der Waals surface area contributed by atoms with E-state index in [4.69, 9.17) is 9.47 Å². The zero-order chi connectivity index (χ0) is 19.7. The molecule has 1 atom stereocenters. The third kappa shape index (κ3) is 3.53. The van der Waals surface area contributed by atoms with Crippen LogP contribution in [0.25, 0.3) is 0 Å². The van der Waals surface area contributed by atoms with Gasteiger partial charge in [0.25, 0.3) is 5.91 Å². The molecule has 0 aliphatic carbocycles. The van der Waals surface area contributed by atoms with Crippen LogP contribution in [0.4, 0.5) is 4.79 Å². The number of rotatable bonds is 5. The fourth-order valence-corrected chi connectivity index (χ4v) is 5.55. The van der Waals surface area contributed by atoms with Crippen LogP contribution in [0.5, 0.6) is 0 Å². The molecule has 1 spiro atoms. The van der Waals surface area contributed by atoms with E-state index < -0.39 is 0 Å². The molecule has 8 heteroatoms. The van der Waals surface area contributed by atoms with E-state index in [1.54, 1.807) is 18.4 Å². The van der Waals surface area contributed by atoms with Crippen molar-refractivity contribution in [2.45, 2.75) is 37.8 Å². The summed E-state index contributed by atoms with van der Waals surface area (Å²) in [5.41, 5.74) is -0.216. The van der Waals surface area contributed by atoms with Gasteiger partial charge in [-0.3, -0.25) is 4.79 Å². The highest BCUT2D eigenvalue weighted by Gasteiger charge is 2.54. The van der Waals surface area contributed by atoms with Crippen molar-refractivity contribution < 1.29 is 19.1 Å². The molecular weight excluding hydrogens is 378 g/mol. The first kappa shape index (κ1) is 19.7. The Labute approximate surface area is 170 Å². The first-order valence-electron chi connectivity index (χ1n) is 10.0. The Morgan fingerprint density at radius 3 is 2.75 bits per heavy atom. The Bertz CT molecular complexity index is 723. The Morgan fingerprint density at radius 1 is 1.36 bits per heavy atom. The van der Waals surface area contributed by atoms with Gasteiger partial charge in [-0.2, -0.15) is 0 Å². The number of carbonyl (C=O) groups excluding carboxylic acids is 2. The average Bonchev–Trinajstić information content (AvgIpc) is 3.40. The molecule has 1 unspecified atom stereocenters. The maximum Gasteiger partial charge on any atom is 0.321 e. The van der Waals surface area contributed by atoms with Gasteiger partial charge in [-0.1, -0.05) is 0 Å². The molecule has 28 heavy (non-hydrogen) atoms. The molecular formula is C20H29N3O4S. The van der Waals surface area contributed by atoms with E-state index in [0.717, 1.165) is 29.0 Å². The van der Waals surface area contributed by atoms with Gasteiger partial charge in [-0.15, -0.1) is 11.3 Å². The molecule has 1 aromatic rings. The third-order valence-corrected chi connectivity index (χ3v) is 7.18. The molecule has 0 bridgehead atoms. The summed E-state index contributed by atoms with van der Waals surface area (Å²) in [5.74, 6) is 0.116. The lowest BCUT2D eigenvalue weighted by atomic mass is 9.93. The van der Waals surface area contributed by atoms with Gasteiger partial charge in [-0.05, 0) is 38.3 Å². The maximum atomic E-state index is 13.2. The average molecular weight is 408 g/mol. The molecule has 0 saturated carbocycles. The molecule has 3 amide bonds. The number of likely N-dealkylation sites (tertiary alicyclic amines) is 1. The van der Waals surface area contributed by atoms with Crippen molar-refractivity contribution in [1.29, 1.82) is 0 Å². The molecule has 1 aromatic heterocycles. The summed E-state index contributed by atoms with van der Waals surface area (Å²) in [7, 11) is 1.66. The van der Waals surface area contributed by atoms with E-state index in [1.165, 1.54) is 0 Å². The van der Waals surface area contributed by atoms with Crippen molar-refractivity contribution in [1.82, 2.24) is 14.7 Å². The highest BCUT2D eigenvalue weighted by atomic mass is 32.1. The van der Waals surface area contributed by atoms with E-state index in [0.29, 0.717) is 46.0 Å². The van der Waals surface area contributed by atoms with Gasteiger partial charge in [0.1, 0.15) is 0 Å². The first-order valence-corrected chi connectivity index (χ1v) is 10.9. The van der Waals surface area contributed by atoms with Crippen LogP contribution in [-0.4, -0.2) is 91.3 Å². The number of hydrogen-bond acceptors (Lipinski definition) is 5. The Kier molecular flexibility index (Phi) is 5.62. The van der Waals surface area contributed by atoms with Gasteiger partial charge in [0, 0.05) is 50.8 Å². The van der Waals surface area contributed by atoms with Crippen LogP contribution in [0.2, 0.25) is 0 Å². The number of urea groups is 1. The molecule has 4 heterocycles. The van der Waals surface area contributed by atoms with Crippen LogP contribution < -0.4 is 0 Å². The quantitative estimate of drug-likeness (QED) is 0.751. The van der Waals surface area contributed by atoms with Crippen molar-refractivity contribution in [3.05, 3.63) is 21.9 Å². The van der Waals surface area contributed by atoms with E-state index in [1.807, 2.05) is 28.9 Å². The highest BCUT2D eigenvalue weighted by Crippen LogP contribution is 2.38. The van der Waals surface area contributed by atoms with Gasteiger partial charge in [0.15, 0.2) is 0 Å². The standard InChI is InChI=1S/C20H29N3O4S/c1-15-3-4-17(28-15)18(24)21-8-5-16(6-9-21)23-19(25)22(10-12-26-2)13-20(23)7-11-27-14-20/h3-4,16H,5-14H2,1-2H3. The Hall–Kier alpha value is -1.64. The largest absolute Gasteiger partial charge is 0.383 e. The molecule has 0 aromatic carbocycles. The predicted molar refractivity (Wildman–Crippen MR) is 107 cm³/mol. The molecule has 3 aliphatic rings. The maximum absolute atomic E-state index is 13.2. The Morgan fingerprint density at radius 2 is 2.14 bits per heavy atom. The number of thiophene rings is 1. The minimum Gasteiger partial charge on any atom is -0.383 e. The normalized spacial score (nSPS) is 26.1. The predicted octanol–water partition coefficient (Wildman–Crippen LogP) is 2.20. The van der Waals surface area contributed by atoms with Crippen molar-refractivity contribution in [2.75, 3.05) is 53.1 Å². The highest BCUT2D eigenvalue weighted by molar-refractivity contribution is 7.13. The van der Waals surface area contributed by atoms with Gasteiger partial charge in [0.05, 0.1) is 23.6 Å². The van der Waals surface area contributed by atoms with Crippen LogP contribution in [0, 0.1) is 6.92 Å². The number of amides is 3. The molecule has 154 valence electrons. The van der Waals surface area contributed by atoms with Gasteiger partial charge in [0.2, 0.25) is 0 Å². The second kappa shape index (κ2) is 8.00. The zero-order valence-electron chi connectivity index (χ0n) is 16.7. The summed E-state index contributed by atoms with van der Waals surface area (Å²) in [6, 6.07) is 4.17. The fourth-order valence-electron chi connectivity index (χ4n) is 4.72. The Balaban J connectivity index is 1.43. The number of nitrogens with zero attached hydrogens (tertiary/aromatic N) is 3. The van der Waals surface area contributed by atoms with Crippen LogP contribution >= 0.6 is 11.3 Å². The number of piperidine rings is 1. The summed E-state index contributed by atoms with van der Waals surface area (Å²) in [6.07, 6.45) is 2.53. The van der Waals surface area contributed by atoms with Gasteiger partial charge in [-0.25, -0.2) is 4.79 Å². The topological polar surface area (TPSA) is 62.3 Å². The molecule has 0 N–H and O–H groups in total. The lowest BCUT2D eigenvalue weighted by molar-refractivity contribution is 0.0501. The minimum absolute atomic E-state index is 0.0983. The monoisotopic (exact) mass is 407 g/mol. The summed E-state index contributed by atoms with van der Waals surface area (Å²) in [5, 5.41) is 0. The van der Waals surface area contributed by atoms with Gasteiger partial charge >= 0.3 is 6.03 Å². The SMILES string of the molecule is COCCN1CC2(CCOC2)N(C2CCN(C(=O)c3ccc(C)s3)CC2)C1=O. The van der Waals surface area contributed by atoms with Crippen molar-refractivity contribution in [3.63, 3.8) is 0 Å². The second-order valence-corrected chi connectivity index (χ2v) is 9.32. The number of carbonyl (C=O) groups is 2. The van der Waals surface area contributed by atoms with Crippen molar-refractivity contribution in [2.24, 2.45) is 0 Å². The van der Waals surface area contributed by atoms with Crippen molar-refractivity contribution >= 4 is 23.3 Å². The van der Waals surface area contributed by atoms with E-state index in [9.17, 15) is 9.59 Å². The molecule has 3 saturated heterocycles. The number of aryl methyl sites for hydroxylation is 1. The minimum atomic E-state index is -0.216. The van der Waals surface area contributed by atoms with E-state index in [-0.39, 0.29) is 23.5 Å². The van der Waals surface area contributed by atoms with Gasteiger partial charge < -0.3 is 24.2 Å². The van der Waals surface area contributed by atoms with E-state index in [2.05, 4.69) is 4.90 Å². The lowest BCUT2D eigenvalue weighted by Crippen LogP contribution is -2.56. The number of hydrogen-bond donors (Lipinski definition) is 0. The number of ether oxygens (including phenoxy) is 2. The molecule has 4 rings (SSSR count). The zero-order valence-corrected chi connectivity index (χ0v) is 17.5. The third-order valence-electron chi connectivity index (χ3n) is 6.19. The van der Waals surface area contributed by atoms with Crippen LogP contribution in [-0.2, 0) is 9.47 Å². The first-order chi connectivity index (χ1) is 13.5. The summed E-state index contributed by atoms with van der Waals surface area (Å²) < 4.78 is 10.9.